The average molecular weight is 1780 g/mol. The number of phenolic OH excluding ortho intramolecular Hbond substituents is 1. The van der Waals surface area contributed by atoms with Gasteiger partial charge in [0.1, 0.15) is 30.2 Å². The van der Waals surface area contributed by atoms with Crippen LogP contribution in [0.15, 0.2) is 94.1 Å². The van der Waals surface area contributed by atoms with E-state index < -0.39 is 103 Å². The fourth-order valence-corrected chi connectivity index (χ4v) is 15.6. The summed E-state index contributed by atoms with van der Waals surface area (Å²) in [6.07, 6.45) is 5.53. The van der Waals surface area contributed by atoms with E-state index in [4.69, 9.17) is 44.4 Å². The molecule has 40 nitrogen and oxygen atoms in total. The zero-order chi connectivity index (χ0) is 91.5. The summed E-state index contributed by atoms with van der Waals surface area (Å²) in [7, 11) is 0. The highest BCUT2D eigenvalue weighted by atomic mass is 16.6. The largest absolute Gasteiger partial charge is 0.508 e. The number of phenols is 1. The molecule has 9 amide bonds. The molecule has 2 saturated carbocycles. The van der Waals surface area contributed by atoms with Gasteiger partial charge in [0, 0.05) is 123 Å². The van der Waals surface area contributed by atoms with E-state index in [1.807, 2.05) is 75.1 Å². The molecule has 700 valence electrons. The summed E-state index contributed by atoms with van der Waals surface area (Å²) >= 11 is 0. The van der Waals surface area contributed by atoms with Gasteiger partial charge in [0.15, 0.2) is 5.96 Å². The van der Waals surface area contributed by atoms with Gasteiger partial charge in [-0.15, -0.1) is 0 Å². The number of hydrogen-bond donors (Lipinski definition) is 15. The van der Waals surface area contributed by atoms with Crippen molar-refractivity contribution in [3.8, 4) is 5.75 Å². The van der Waals surface area contributed by atoms with E-state index in [0.717, 1.165) is 60.2 Å². The number of carboxylic acids is 3. The second-order valence-corrected chi connectivity index (χ2v) is 33.1. The molecule has 0 radical (unpaired) electrons. The van der Waals surface area contributed by atoms with Gasteiger partial charge in [-0.1, -0.05) is 73.7 Å². The first-order valence-corrected chi connectivity index (χ1v) is 43.9. The number of carboxylic acid groups (broad SMARTS) is 3. The SMILES string of the molecule is CCCN=C(N)NC(C)(CCNC(=O)CN1CCN(CC(=O)O)CCN(CC(=O)O)CCN(CC(=O)O)CC1)OCCC(C)(C)OCCNC(=O)OC[C@@H]1C2CCC3C(c4ccc(COC(=O)NCCOCCOCCCC(=O)NCCCCC5NC(=O)[C@@H](Cc6ccc(O)cc6)NC(=O)CNC(=O)CNC(=O)CNC5=O)cc4)=NN=C(c4ccccc4)C3CC[C@@H]21. The van der Waals surface area contributed by atoms with E-state index in [9.17, 15) is 78.0 Å². The minimum atomic E-state index is -1.17. The molecule has 8 rings (SSSR count). The van der Waals surface area contributed by atoms with E-state index in [1.54, 1.807) is 26.8 Å². The van der Waals surface area contributed by atoms with Crippen LogP contribution in [0.3, 0.4) is 0 Å². The quantitative estimate of drug-likeness (QED) is 0.0163. The molecule has 0 aromatic heterocycles. The molecule has 4 fully saturated rings. The van der Waals surface area contributed by atoms with Crippen molar-refractivity contribution in [2.75, 3.05) is 177 Å². The fraction of sp³-hybridized carbons (Fsp3) is 0.621. The summed E-state index contributed by atoms with van der Waals surface area (Å²) in [6.45, 7) is 10.5. The van der Waals surface area contributed by atoms with E-state index in [0.29, 0.717) is 62.8 Å². The Bertz CT molecular complexity index is 4130. The minimum Gasteiger partial charge on any atom is -0.508 e. The van der Waals surface area contributed by atoms with Crippen LogP contribution in [0.5, 0.6) is 5.75 Å². The van der Waals surface area contributed by atoms with Gasteiger partial charge >= 0.3 is 30.1 Å². The standard InChI is InChI=1S/C87H130N18O22/c1-5-30-91-83(88)99-87(4,28-32-90-75(111)53-102-35-37-103(54-76(112)113)39-41-105(56-78(116)117)42-40-104(38-36-102)55-77(114)115)127-44-29-86(2,3)126-46-34-93-85(121)125-58-68-64-24-26-66-67(27-25-65(64)68)80(101-100-79(66)61-12-7-6-8-13-61)62-20-16-60(17-21-62)57-124-84(120)92-33-45-123-48-47-122-43-11-15-71(107)89-31-10-9-14-69-81(118)96-51-73(109)94-50-72(108)95-52-74(110)97-70(82(119)98-69)49-59-18-22-63(106)23-19-59/h6-8,12-13,16-23,64-70,106H,5,9-11,14-15,24-58H2,1-4H3,(H,89,107)(H,90,111)(H,92,120)(H,93,121)(H,94,109)(H,95,108)(H,96,118)(H,97,110)(H,98,119)(H,112,113)(H,114,115)(H,116,117)(H3,88,91,99)/t64-,65?,66?,67?,68-,69?,70+,87?/m0/s1. The van der Waals surface area contributed by atoms with Crippen molar-refractivity contribution < 1.29 is 106 Å². The molecule has 3 heterocycles. The molecule has 2 saturated heterocycles. The van der Waals surface area contributed by atoms with E-state index in [-0.39, 0.29) is 211 Å². The second-order valence-electron chi connectivity index (χ2n) is 33.1. The zero-order valence-corrected chi connectivity index (χ0v) is 73.4. The fourth-order valence-electron chi connectivity index (χ4n) is 15.6. The zero-order valence-electron chi connectivity index (χ0n) is 73.4. The smallest absolute Gasteiger partial charge is 0.407 e. The van der Waals surface area contributed by atoms with Gasteiger partial charge in [-0.2, -0.15) is 10.2 Å². The van der Waals surface area contributed by atoms with E-state index in [2.05, 4.69) is 70.3 Å². The number of aromatic hydroxyl groups is 1. The molecule has 8 atom stereocenters. The lowest BCUT2D eigenvalue weighted by molar-refractivity contribution is -0.140. The normalized spacial score (nSPS) is 21.1. The van der Waals surface area contributed by atoms with Crippen molar-refractivity contribution in [3.05, 3.63) is 101 Å². The number of benzene rings is 3. The van der Waals surface area contributed by atoms with Gasteiger partial charge in [-0.25, -0.2) is 9.59 Å². The Morgan fingerprint density at radius 3 is 1.65 bits per heavy atom. The number of aliphatic imine (C=N–C) groups is 1. The highest BCUT2D eigenvalue weighted by molar-refractivity contribution is 6.11. The molecule has 5 aliphatic rings. The van der Waals surface area contributed by atoms with Crippen LogP contribution in [-0.2, 0) is 89.4 Å². The lowest BCUT2D eigenvalue weighted by atomic mass is 9.73. The highest BCUT2D eigenvalue weighted by Crippen LogP contribution is 2.56. The van der Waals surface area contributed by atoms with Crippen molar-refractivity contribution in [1.82, 2.24) is 72.8 Å². The maximum Gasteiger partial charge on any atom is 0.407 e. The molecule has 3 aromatic rings. The predicted octanol–water partition coefficient (Wildman–Crippen LogP) is 1.11. The van der Waals surface area contributed by atoms with Crippen LogP contribution in [0.4, 0.5) is 9.59 Å². The van der Waals surface area contributed by atoms with Gasteiger partial charge in [-0.3, -0.25) is 72.5 Å². The third-order valence-corrected chi connectivity index (χ3v) is 22.7. The molecule has 5 unspecified atom stereocenters. The first kappa shape index (κ1) is 101. The molecule has 16 N–H and O–H groups in total. The van der Waals surface area contributed by atoms with Crippen LogP contribution in [0.1, 0.15) is 127 Å². The lowest BCUT2D eigenvalue weighted by Gasteiger charge is -2.34. The Morgan fingerprint density at radius 2 is 1.06 bits per heavy atom. The third-order valence-electron chi connectivity index (χ3n) is 22.7. The molecule has 127 heavy (non-hydrogen) atoms. The summed E-state index contributed by atoms with van der Waals surface area (Å²) in [5, 5.41) is 75.4. The number of unbranched alkanes of at least 4 members (excludes halogenated alkanes) is 1. The molecule has 3 aromatic carbocycles. The maximum atomic E-state index is 13.6. The highest BCUT2D eigenvalue weighted by Gasteiger charge is 2.52. The lowest BCUT2D eigenvalue weighted by Crippen LogP contribution is -2.55. The first-order valence-electron chi connectivity index (χ1n) is 43.9. The molecule has 40 heteroatoms. The number of alkyl carbamates (subject to hydrolysis) is 2. The predicted molar refractivity (Wildman–Crippen MR) is 467 cm³/mol. The van der Waals surface area contributed by atoms with Crippen LogP contribution < -0.4 is 58.9 Å². The first-order chi connectivity index (χ1) is 61.0. The monoisotopic (exact) mass is 1780 g/mol. The number of guanidine groups is 1. The van der Waals surface area contributed by atoms with Gasteiger partial charge in [0.25, 0.3) is 0 Å². The van der Waals surface area contributed by atoms with Crippen molar-refractivity contribution in [2.24, 2.45) is 50.5 Å². The number of amides is 9. The van der Waals surface area contributed by atoms with Gasteiger partial charge in [0.2, 0.25) is 41.4 Å². The number of carbonyl (C=O) groups excluding carboxylic acids is 9. The summed E-state index contributed by atoms with van der Waals surface area (Å²) in [6, 6.07) is 21.7. The molecule has 0 spiro atoms. The Balaban J connectivity index is 0.692. The molecular formula is C87H130N18O22. The average Bonchev–Trinajstić information content (AvgIpc) is 1.60. The number of rotatable bonds is 45. The number of fused-ring (bicyclic) bond motifs is 2. The number of carbonyl (C=O) groups is 12. The number of hydrogen-bond acceptors (Lipinski definition) is 26. The minimum absolute atomic E-state index is 0.00174. The van der Waals surface area contributed by atoms with Crippen LogP contribution >= 0.6 is 0 Å². The van der Waals surface area contributed by atoms with E-state index >= 15 is 0 Å². The van der Waals surface area contributed by atoms with Crippen LogP contribution in [0.2, 0.25) is 0 Å². The third kappa shape index (κ3) is 38.2. The number of nitrogens with zero attached hydrogens (tertiary/aromatic N) is 7. The summed E-state index contributed by atoms with van der Waals surface area (Å²) in [5.74, 6) is -5.67. The van der Waals surface area contributed by atoms with Crippen LogP contribution in [0, 0.1) is 29.6 Å². The van der Waals surface area contributed by atoms with Gasteiger partial charge < -0.3 is 108 Å². The topological polar surface area (TPSA) is 537 Å². The summed E-state index contributed by atoms with van der Waals surface area (Å²) < 4.78 is 35.4. The van der Waals surface area contributed by atoms with Crippen molar-refractivity contribution in [1.29, 1.82) is 0 Å². The van der Waals surface area contributed by atoms with Gasteiger partial charge in [-0.05, 0) is 137 Å². The van der Waals surface area contributed by atoms with Gasteiger partial charge in [0.05, 0.1) is 102 Å². The Morgan fingerprint density at radius 1 is 0.528 bits per heavy atom. The number of nitrogens with two attached hydrogens (primary N) is 1. The Kier molecular flexibility index (Phi) is 42.8. The summed E-state index contributed by atoms with van der Waals surface area (Å²) in [5.41, 5.74) is 9.74. The Labute approximate surface area is 740 Å². The van der Waals surface area contributed by atoms with Crippen molar-refractivity contribution >= 4 is 88.8 Å². The van der Waals surface area contributed by atoms with Crippen LogP contribution in [0.25, 0.3) is 0 Å². The van der Waals surface area contributed by atoms with Crippen LogP contribution in [-0.4, -0.2) is 329 Å². The van der Waals surface area contributed by atoms with Crippen molar-refractivity contribution in [3.63, 3.8) is 0 Å². The molecular weight excluding hydrogens is 1650 g/mol. The molecule has 2 aliphatic carbocycles. The maximum absolute atomic E-state index is 13.6. The second kappa shape index (κ2) is 53.6. The Hall–Kier alpha value is -11.0. The van der Waals surface area contributed by atoms with Crippen molar-refractivity contribution in [2.45, 2.75) is 141 Å². The number of nitrogens with one attached hydrogen (secondary N) is 10. The molecule has 0 bridgehead atoms. The molecule has 3 aliphatic heterocycles. The summed E-state index contributed by atoms with van der Waals surface area (Å²) in [4.78, 5) is 163. The number of ether oxygens (including phenoxy) is 6. The van der Waals surface area contributed by atoms with E-state index in [1.165, 1.54) is 12.1 Å². The number of aliphatic carboxylic acids is 3.